The monoisotopic (exact) mass is 342 g/mol. The van der Waals surface area contributed by atoms with Crippen LogP contribution in [0.25, 0.3) is 10.9 Å². The minimum atomic E-state index is -3.92. The van der Waals surface area contributed by atoms with Gasteiger partial charge in [-0.05, 0) is 50.1 Å². The zero-order valence-corrected chi connectivity index (χ0v) is 14.5. The van der Waals surface area contributed by atoms with Crippen LogP contribution >= 0.6 is 0 Å². The van der Waals surface area contributed by atoms with Crippen molar-refractivity contribution in [3.8, 4) is 0 Å². The van der Waals surface area contributed by atoms with Crippen LogP contribution in [0.5, 0.6) is 0 Å². The Hall–Kier alpha value is -2.60. The van der Waals surface area contributed by atoms with E-state index in [9.17, 15) is 13.2 Å². The molecule has 0 unspecified atom stereocenters. The summed E-state index contributed by atoms with van der Waals surface area (Å²) < 4.78 is 27.0. The number of aromatic nitrogens is 1. The van der Waals surface area contributed by atoms with Gasteiger partial charge in [-0.2, -0.15) is 0 Å². The van der Waals surface area contributed by atoms with Gasteiger partial charge in [0, 0.05) is 11.1 Å². The summed E-state index contributed by atoms with van der Waals surface area (Å²) in [6.07, 6.45) is 0. The van der Waals surface area contributed by atoms with E-state index in [-0.39, 0.29) is 4.90 Å². The van der Waals surface area contributed by atoms with Crippen LogP contribution in [0.15, 0.2) is 47.4 Å². The first-order valence-electron chi connectivity index (χ1n) is 7.51. The molecule has 6 heteroatoms. The average Bonchev–Trinajstić information content (AvgIpc) is 2.82. The Morgan fingerprint density at radius 3 is 2.46 bits per heavy atom. The summed E-state index contributed by atoms with van der Waals surface area (Å²) in [7, 11) is -3.92. The average molecular weight is 342 g/mol. The topological polar surface area (TPSA) is 79.0 Å². The highest BCUT2D eigenvalue weighted by Crippen LogP contribution is 2.24. The number of aryl methyl sites for hydroxylation is 3. The van der Waals surface area contributed by atoms with Gasteiger partial charge in [0.1, 0.15) is 0 Å². The summed E-state index contributed by atoms with van der Waals surface area (Å²) in [5, 5.41) is 0.910. The number of aromatic amines is 1. The van der Waals surface area contributed by atoms with E-state index in [4.69, 9.17) is 0 Å². The molecule has 0 saturated carbocycles. The van der Waals surface area contributed by atoms with Gasteiger partial charge in [0.25, 0.3) is 15.9 Å². The van der Waals surface area contributed by atoms with Crippen molar-refractivity contribution in [2.75, 3.05) is 0 Å². The summed E-state index contributed by atoms with van der Waals surface area (Å²) in [6.45, 7) is 5.67. The number of carbonyl (C=O) groups is 1. The van der Waals surface area contributed by atoms with E-state index in [1.165, 1.54) is 12.1 Å². The lowest BCUT2D eigenvalue weighted by Crippen LogP contribution is -2.30. The third-order valence-corrected chi connectivity index (χ3v) is 5.44. The van der Waals surface area contributed by atoms with E-state index in [0.717, 1.165) is 22.2 Å². The molecule has 124 valence electrons. The van der Waals surface area contributed by atoms with Crippen LogP contribution in [0.4, 0.5) is 0 Å². The van der Waals surface area contributed by atoms with E-state index in [2.05, 4.69) is 9.71 Å². The molecule has 0 bridgehead atoms. The van der Waals surface area contributed by atoms with Gasteiger partial charge >= 0.3 is 0 Å². The van der Waals surface area contributed by atoms with Crippen molar-refractivity contribution in [3.05, 3.63) is 64.8 Å². The molecule has 2 aromatic carbocycles. The smallest absolute Gasteiger partial charge is 0.267 e. The maximum atomic E-state index is 12.5. The van der Waals surface area contributed by atoms with Gasteiger partial charge in [0.2, 0.25) is 0 Å². The summed E-state index contributed by atoms with van der Waals surface area (Å²) in [5.74, 6) is -0.650. The van der Waals surface area contributed by atoms with Crippen LogP contribution < -0.4 is 4.72 Å². The lowest BCUT2D eigenvalue weighted by atomic mass is 10.1. The Morgan fingerprint density at radius 2 is 1.75 bits per heavy atom. The number of hydrogen-bond acceptors (Lipinski definition) is 3. The highest BCUT2D eigenvalue weighted by Gasteiger charge is 2.21. The first-order chi connectivity index (χ1) is 11.3. The van der Waals surface area contributed by atoms with Gasteiger partial charge < -0.3 is 4.98 Å². The molecule has 0 spiro atoms. The molecule has 24 heavy (non-hydrogen) atoms. The van der Waals surface area contributed by atoms with Gasteiger partial charge in [0.05, 0.1) is 16.0 Å². The van der Waals surface area contributed by atoms with Crippen molar-refractivity contribution in [1.82, 2.24) is 9.71 Å². The molecule has 0 atom stereocenters. The molecule has 0 fully saturated rings. The molecule has 1 aromatic heterocycles. The second kappa shape index (κ2) is 5.79. The molecule has 2 N–H and O–H groups in total. The third kappa shape index (κ3) is 2.80. The predicted molar refractivity (Wildman–Crippen MR) is 93.6 cm³/mol. The first-order valence-corrected chi connectivity index (χ1v) is 8.99. The van der Waals surface area contributed by atoms with Crippen molar-refractivity contribution in [3.63, 3.8) is 0 Å². The largest absolute Gasteiger partial charge is 0.358 e. The number of benzene rings is 2. The van der Waals surface area contributed by atoms with E-state index < -0.39 is 15.9 Å². The van der Waals surface area contributed by atoms with E-state index >= 15 is 0 Å². The molecule has 0 saturated heterocycles. The Bertz CT molecular complexity index is 1050. The highest BCUT2D eigenvalue weighted by molar-refractivity contribution is 7.90. The number of sulfonamides is 1. The summed E-state index contributed by atoms with van der Waals surface area (Å²) in [6, 6.07) is 11.7. The molecule has 1 heterocycles. The SMILES string of the molecule is Cc1cccc(S(=O)(=O)NC(=O)c2cccc3c(C)c(C)[nH]c23)c1. The number of hydrogen-bond donors (Lipinski definition) is 2. The first kappa shape index (κ1) is 16.3. The summed E-state index contributed by atoms with van der Waals surface area (Å²) in [4.78, 5) is 15.8. The molecular formula is C18H18N2O3S. The molecule has 3 aromatic rings. The van der Waals surface area contributed by atoms with Crippen LogP contribution in [-0.2, 0) is 10.0 Å². The molecule has 0 aliphatic rings. The minimum absolute atomic E-state index is 0.0712. The van der Waals surface area contributed by atoms with Crippen LogP contribution in [0.1, 0.15) is 27.2 Å². The van der Waals surface area contributed by atoms with Gasteiger partial charge in [0.15, 0.2) is 0 Å². The van der Waals surface area contributed by atoms with Crippen molar-refractivity contribution < 1.29 is 13.2 Å². The number of fused-ring (bicyclic) bond motifs is 1. The number of rotatable bonds is 3. The second-order valence-corrected chi connectivity index (χ2v) is 7.54. The predicted octanol–water partition coefficient (Wildman–Crippen LogP) is 3.21. The standard InChI is InChI=1S/C18H18N2O3S/c1-11-6-4-7-14(10-11)24(22,23)20-18(21)16-9-5-8-15-12(2)13(3)19-17(15)16/h4-10,19H,1-3H3,(H,20,21). The number of amides is 1. The molecular weight excluding hydrogens is 324 g/mol. The minimum Gasteiger partial charge on any atom is -0.358 e. The number of H-pyrrole nitrogens is 1. The van der Waals surface area contributed by atoms with Crippen molar-refractivity contribution in [1.29, 1.82) is 0 Å². The summed E-state index contributed by atoms with van der Waals surface area (Å²) >= 11 is 0. The zero-order chi connectivity index (χ0) is 17.5. The number of para-hydroxylation sites is 1. The second-order valence-electron chi connectivity index (χ2n) is 5.85. The number of nitrogens with one attached hydrogen (secondary N) is 2. The fourth-order valence-electron chi connectivity index (χ4n) is 2.69. The molecule has 1 amide bonds. The van der Waals surface area contributed by atoms with Crippen molar-refractivity contribution in [2.24, 2.45) is 0 Å². The Balaban J connectivity index is 2.00. The Morgan fingerprint density at radius 1 is 1.04 bits per heavy atom. The Kier molecular flexibility index (Phi) is 3.93. The van der Waals surface area contributed by atoms with Crippen LogP contribution in [0, 0.1) is 20.8 Å². The molecule has 0 radical (unpaired) electrons. The molecule has 3 rings (SSSR count). The van der Waals surface area contributed by atoms with Crippen molar-refractivity contribution >= 4 is 26.8 Å². The normalized spacial score (nSPS) is 11.6. The zero-order valence-electron chi connectivity index (χ0n) is 13.7. The van der Waals surface area contributed by atoms with Crippen molar-refractivity contribution in [2.45, 2.75) is 25.7 Å². The summed E-state index contributed by atoms with van der Waals surface area (Å²) in [5.41, 5.74) is 3.75. The quantitative estimate of drug-likeness (QED) is 0.767. The maximum absolute atomic E-state index is 12.5. The van der Waals surface area contributed by atoms with Gasteiger partial charge in [-0.1, -0.05) is 24.3 Å². The van der Waals surface area contributed by atoms with Gasteiger partial charge in [-0.15, -0.1) is 0 Å². The molecule has 0 aliphatic heterocycles. The van der Waals surface area contributed by atoms with Crippen LogP contribution in [-0.4, -0.2) is 19.3 Å². The third-order valence-electron chi connectivity index (χ3n) is 4.11. The molecule has 0 aliphatic carbocycles. The Labute approximate surface area is 140 Å². The van der Waals surface area contributed by atoms with E-state index in [0.29, 0.717) is 11.1 Å². The fourth-order valence-corrected chi connectivity index (χ4v) is 3.76. The van der Waals surface area contributed by atoms with Crippen LogP contribution in [0.3, 0.4) is 0 Å². The highest BCUT2D eigenvalue weighted by atomic mass is 32.2. The lowest BCUT2D eigenvalue weighted by Gasteiger charge is -2.08. The van der Waals surface area contributed by atoms with E-state index in [1.54, 1.807) is 31.2 Å². The van der Waals surface area contributed by atoms with Gasteiger partial charge in [-0.25, -0.2) is 13.1 Å². The number of carbonyl (C=O) groups excluding carboxylic acids is 1. The van der Waals surface area contributed by atoms with Gasteiger partial charge in [-0.3, -0.25) is 4.79 Å². The fraction of sp³-hybridized carbons (Fsp3) is 0.167. The van der Waals surface area contributed by atoms with E-state index in [1.807, 2.05) is 19.9 Å². The van der Waals surface area contributed by atoms with Crippen LogP contribution in [0.2, 0.25) is 0 Å². The molecule has 5 nitrogen and oxygen atoms in total. The lowest BCUT2D eigenvalue weighted by molar-refractivity contribution is 0.0983. The maximum Gasteiger partial charge on any atom is 0.267 e.